The lowest BCUT2D eigenvalue weighted by atomic mass is 10.2. The monoisotopic (exact) mass is 191 g/mol. The van der Waals surface area contributed by atoms with Crippen LogP contribution in [0.5, 0.6) is 0 Å². The normalized spacial score (nSPS) is 14.2. The third kappa shape index (κ3) is 3.82. The first-order chi connectivity index (χ1) is 6.84. The Hall–Kier alpha value is -0.980. The molecule has 0 amide bonds. The second-order valence-corrected chi connectivity index (χ2v) is 3.69. The van der Waals surface area contributed by atoms with E-state index < -0.39 is 0 Å². The zero-order valence-corrected chi connectivity index (χ0v) is 9.51. The fourth-order valence-corrected chi connectivity index (χ4v) is 1.34. The van der Waals surface area contributed by atoms with Crippen LogP contribution in [0.25, 0.3) is 0 Å². The minimum absolute atomic E-state index is 0.950. The van der Waals surface area contributed by atoms with Crippen molar-refractivity contribution in [1.82, 2.24) is 0 Å². The van der Waals surface area contributed by atoms with E-state index in [0.717, 1.165) is 12.5 Å². The van der Waals surface area contributed by atoms with Crippen LogP contribution in [0.1, 0.15) is 32.3 Å². The summed E-state index contributed by atoms with van der Waals surface area (Å²) in [6, 6.07) is 8.56. The predicted molar refractivity (Wildman–Crippen MR) is 63.7 cm³/mol. The molecule has 2 rings (SSSR count). The third-order valence-corrected chi connectivity index (χ3v) is 2.31. The molecule has 0 radical (unpaired) electrons. The number of rotatable bonds is 3. The van der Waals surface area contributed by atoms with Gasteiger partial charge in [0.25, 0.3) is 0 Å². The van der Waals surface area contributed by atoms with Gasteiger partial charge in [0, 0.05) is 12.2 Å². The largest absolute Gasteiger partial charge is 0.385 e. The quantitative estimate of drug-likeness (QED) is 0.765. The van der Waals surface area contributed by atoms with Crippen LogP contribution in [0.2, 0.25) is 0 Å². The number of aryl methyl sites for hydroxylation is 1. The third-order valence-electron chi connectivity index (χ3n) is 2.31. The number of hydrogen-bond donors (Lipinski definition) is 1. The van der Waals surface area contributed by atoms with Gasteiger partial charge in [-0.05, 0) is 43.4 Å². The molecule has 0 saturated heterocycles. The molecule has 1 nitrogen and oxygen atoms in total. The molecule has 1 saturated carbocycles. The van der Waals surface area contributed by atoms with Crippen LogP contribution < -0.4 is 5.32 Å². The summed E-state index contributed by atoms with van der Waals surface area (Å²) in [5.74, 6) is 0.950. The molecule has 1 fully saturated rings. The van der Waals surface area contributed by atoms with Crippen LogP contribution in [0.4, 0.5) is 5.69 Å². The Bertz CT molecular complexity index is 264. The topological polar surface area (TPSA) is 12.0 Å². The molecule has 1 aromatic carbocycles. The second kappa shape index (κ2) is 5.69. The summed E-state index contributed by atoms with van der Waals surface area (Å²) in [4.78, 5) is 0. The van der Waals surface area contributed by atoms with Gasteiger partial charge >= 0.3 is 0 Å². The van der Waals surface area contributed by atoms with Gasteiger partial charge in [0.2, 0.25) is 0 Å². The maximum Gasteiger partial charge on any atom is 0.0342 e. The molecule has 1 heteroatoms. The van der Waals surface area contributed by atoms with Gasteiger partial charge in [-0.1, -0.05) is 26.0 Å². The number of hydrogen-bond acceptors (Lipinski definition) is 1. The van der Waals surface area contributed by atoms with Crippen molar-refractivity contribution < 1.29 is 0 Å². The summed E-state index contributed by atoms with van der Waals surface area (Å²) in [7, 11) is 0. The van der Waals surface area contributed by atoms with Crippen LogP contribution in [-0.4, -0.2) is 6.54 Å². The standard InChI is InChI=1S/C11H15N.C2H6/c1-9-3-2-4-11(7-9)12-8-10-5-6-10;1-2/h2-4,7,10,12H,5-6,8H2,1H3;1-2H3. The Morgan fingerprint density at radius 1 is 1.29 bits per heavy atom. The highest BCUT2D eigenvalue weighted by molar-refractivity contribution is 5.45. The van der Waals surface area contributed by atoms with E-state index in [0.29, 0.717) is 0 Å². The van der Waals surface area contributed by atoms with Gasteiger partial charge in [0.1, 0.15) is 0 Å². The van der Waals surface area contributed by atoms with Crippen molar-refractivity contribution in [2.75, 3.05) is 11.9 Å². The summed E-state index contributed by atoms with van der Waals surface area (Å²) in [6.45, 7) is 7.28. The summed E-state index contributed by atoms with van der Waals surface area (Å²) in [6.07, 6.45) is 2.83. The Morgan fingerprint density at radius 2 is 2.00 bits per heavy atom. The maximum absolute atomic E-state index is 3.45. The highest BCUT2D eigenvalue weighted by Crippen LogP contribution is 2.28. The Morgan fingerprint density at radius 3 is 2.57 bits per heavy atom. The molecule has 1 aromatic rings. The second-order valence-electron chi connectivity index (χ2n) is 3.69. The van der Waals surface area contributed by atoms with E-state index in [1.165, 1.54) is 24.1 Å². The molecule has 1 aliphatic rings. The first kappa shape index (κ1) is 11.1. The highest BCUT2D eigenvalue weighted by atomic mass is 14.9. The molecule has 14 heavy (non-hydrogen) atoms. The molecular weight excluding hydrogens is 170 g/mol. The molecule has 1 N–H and O–H groups in total. The van der Waals surface area contributed by atoms with E-state index in [-0.39, 0.29) is 0 Å². The maximum atomic E-state index is 3.45. The fourth-order valence-electron chi connectivity index (χ4n) is 1.34. The van der Waals surface area contributed by atoms with Gasteiger partial charge in [0.15, 0.2) is 0 Å². The van der Waals surface area contributed by atoms with Crippen molar-refractivity contribution in [1.29, 1.82) is 0 Å². The zero-order valence-electron chi connectivity index (χ0n) is 9.51. The molecule has 0 aliphatic heterocycles. The smallest absolute Gasteiger partial charge is 0.0342 e. The summed E-state index contributed by atoms with van der Waals surface area (Å²) in [5.41, 5.74) is 2.60. The van der Waals surface area contributed by atoms with Gasteiger partial charge in [-0.3, -0.25) is 0 Å². The van der Waals surface area contributed by atoms with Gasteiger partial charge in [0.05, 0.1) is 0 Å². The Balaban J connectivity index is 0.000000461. The van der Waals surface area contributed by atoms with Crippen LogP contribution in [0.15, 0.2) is 24.3 Å². The van der Waals surface area contributed by atoms with Crippen LogP contribution in [0.3, 0.4) is 0 Å². The van der Waals surface area contributed by atoms with E-state index in [4.69, 9.17) is 0 Å². The lowest BCUT2D eigenvalue weighted by Crippen LogP contribution is -2.02. The SMILES string of the molecule is CC.Cc1cccc(NCC2CC2)c1. The number of benzene rings is 1. The fraction of sp³-hybridized carbons (Fsp3) is 0.538. The molecule has 0 aromatic heterocycles. The molecule has 0 atom stereocenters. The van der Waals surface area contributed by atoms with Crippen molar-refractivity contribution in [3.63, 3.8) is 0 Å². The first-order valence-corrected chi connectivity index (χ1v) is 5.65. The molecule has 0 bridgehead atoms. The van der Waals surface area contributed by atoms with Crippen LogP contribution >= 0.6 is 0 Å². The molecule has 0 unspecified atom stereocenters. The first-order valence-electron chi connectivity index (χ1n) is 5.65. The Labute approximate surface area is 87.5 Å². The minimum Gasteiger partial charge on any atom is -0.385 e. The summed E-state index contributed by atoms with van der Waals surface area (Å²) >= 11 is 0. The van der Waals surface area contributed by atoms with Gasteiger partial charge in [-0.2, -0.15) is 0 Å². The number of nitrogens with one attached hydrogen (secondary N) is 1. The van der Waals surface area contributed by atoms with Gasteiger partial charge in [-0.25, -0.2) is 0 Å². The van der Waals surface area contributed by atoms with Gasteiger partial charge < -0.3 is 5.32 Å². The molecule has 1 aliphatic carbocycles. The highest BCUT2D eigenvalue weighted by Gasteiger charge is 2.20. The summed E-state index contributed by atoms with van der Waals surface area (Å²) < 4.78 is 0. The van der Waals surface area contributed by atoms with Crippen molar-refractivity contribution in [3.8, 4) is 0 Å². The van der Waals surface area contributed by atoms with Crippen molar-refractivity contribution in [3.05, 3.63) is 29.8 Å². The van der Waals surface area contributed by atoms with Gasteiger partial charge in [-0.15, -0.1) is 0 Å². The number of anilines is 1. The molecule has 0 spiro atoms. The van der Waals surface area contributed by atoms with Crippen LogP contribution in [-0.2, 0) is 0 Å². The Kier molecular flexibility index (Phi) is 4.51. The van der Waals surface area contributed by atoms with Crippen molar-refractivity contribution >= 4 is 5.69 Å². The average molecular weight is 191 g/mol. The van der Waals surface area contributed by atoms with E-state index in [9.17, 15) is 0 Å². The van der Waals surface area contributed by atoms with Crippen molar-refractivity contribution in [2.45, 2.75) is 33.6 Å². The minimum atomic E-state index is 0.950. The molecule has 78 valence electrons. The van der Waals surface area contributed by atoms with E-state index in [1.807, 2.05) is 13.8 Å². The predicted octanol–water partition coefficient (Wildman–Crippen LogP) is 3.84. The summed E-state index contributed by atoms with van der Waals surface area (Å²) in [5, 5.41) is 3.45. The van der Waals surface area contributed by atoms with Crippen molar-refractivity contribution in [2.24, 2.45) is 5.92 Å². The molecular formula is C13H21N. The zero-order chi connectivity index (χ0) is 10.4. The van der Waals surface area contributed by atoms with Crippen LogP contribution in [0, 0.1) is 12.8 Å². The lowest BCUT2D eigenvalue weighted by Gasteiger charge is -2.05. The lowest BCUT2D eigenvalue weighted by molar-refractivity contribution is 0.889. The average Bonchev–Trinajstić information content (AvgIpc) is 3.02. The molecule has 0 heterocycles. The van der Waals surface area contributed by atoms with E-state index in [1.54, 1.807) is 0 Å². The van der Waals surface area contributed by atoms with E-state index >= 15 is 0 Å². The van der Waals surface area contributed by atoms with E-state index in [2.05, 4.69) is 36.5 Å².